The van der Waals surface area contributed by atoms with Crippen LogP contribution in [-0.2, 0) is 0 Å². The van der Waals surface area contributed by atoms with Crippen LogP contribution in [0.25, 0.3) is 10.8 Å². The van der Waals surface area contributed by atoms with Crippen LogP contribution >= 0.6 is 0 Å². The fourth-order valence-corrected chi connectivity index (χ4v) is 1.67. The molecule has 0 spiro atoms. The average molecular weight is 218 g/mol. The van der Waals surface area contributed by atoms with Gasteiger partial charge in [-0.05, 0) is 16.8 Å². The Bertz CT molecular complexity index is 508. The van der Waals surface area contributed by atoms with Crippen LogP contribution in [0.15, 0.2) is 36.4 Å². The highest BCUT2D eigenvalue weighted by Gasteiger charge is 2.07. The van der Waals surface area contributed by atoms with Gasteiger partial charge in [0, 0.05) is 0 Å². The summed E-state index contributed by atoms with van der Waals surface area (Å²) >= 11 is 0. The minimum Gasteiger partial charge on any atom is -0.490 e. The zero-order valence-electron chi connectivity index (χ0n) is 8.65. The van der Waals surface area contributed by atoms with Crippen LogP contribution in [0, 0.1) is 0 Å². The minimum absolute atomic E-state index is 0.0286. The van der Waals surface area contributed by atoms with Gasteiger partial charge in [-0.15, -0.1) is 0 Å². The Morgan fingerprint density at radius 2 is 2.00 bits per heavy atom. The molecule has 2 rings (SSSR count). The van der Waals surface area contributed by atoms with Crippen molar-refractivity contribution in [1.29, 1.82) is 0 Å². The number of hydrogen-bond donors (Lipinski definition) is 0. The van der Waals surface area contributed by atoms with Gasteiger partial charge in [0.2, 0.25) is 0 Å². The summed E-state index contributed by atoms with van der Waals surface area (Å²) in [6.07, 6.45) is 0.746. The summed E-state index contributed by atoms with van der Waals surface area (Å²) < 4.78 is 17.2. The molecule has 0 aliphatic carbocycles. The molecule has 82 valence electrons. The first-order valence-electron chi connectivity index (χ1n) is 5.02. The smallest absolute Gasteiger partial charge is 0.154 e. The molecule has 0 amide bonds. The second-order valence-electron chi connectivity index (χ2n) is 3.35. The Hall–Kier alpha value is -1.90. The monoisotopic (exact) mass is 218 g/mol. The predicted molar refractivity (Wildman–Crippen MR) is 60.8 cm³/mol. The first kappa shape index (κ1) is 10.6. The molecule has 0 heterocycles. The molecule has 0 atom stereocenters. The number of rotatable bonds is 4. The van der Waals surface area contributed by atoms with Gasteiger partial charge < -0.3 is 4.74 Å². The Labute approximate surface area is 92.6 Å². The quantitative estimate of drug-likeness (QED) is 0.737. The average Bonchev–Trinajstić information content (AvgIpc) is 2.35. The lowest BCUT2D eigenvalue weighted by molar-refractivity contribution is 0.112. The highest BCUT2D eigenvalue weighted by molar-refractivity contribution is 6.00. The molecule has 0 saturated heterocycles. The molecule has 16 heavy (non-hydrogen) atoms. The van der Waals surface area contributed by atoms with Gasteiger partial charge in [-0.2, -0.15) is 0 Å². The molecule has 0 bridgehead atoms. The fraction of sp³-hybridized carbons (Fsp3) is 0.154. The number of benzene rings is 2. The number of fused-ring (bicyclic) bond motifs is 1. The summed E-state index contributed by atoms with van der Waals surface area (Å²) in [4.78, 5) is 11.0. The highest BCUT2D eigenvalue weighted by atomic mass is 19.1. The summed E-state index contributed by atoms with van der Waals surface area (Å²) in [5.74, 6) is 0.436. The molecule has 0 aliphatic heterocycles. The van der Waals surface area contributed by atoms with Crippen LogP contribution < -0.4 is 4.74 Å². The van der Waals surface area contributed by atoms with E-state index in [-0.39, 0.29) is 6.61 Å². The molecular formula is C13H11FO2. The van der Waals surface area contributed by atoms with E-state index in [2.05, 4.69) is 0 Å². The number of carbonyl (C=O) groups excluding carboxylic acids is 1. The first-order valence-corrected chi connectivity index (χ1v) is 5.02. The van der Waals surface area contributed by atoms with Gasteiger partial charge >= 0.3 is 0 Å². The van der Waals surface area contributed by atoms with E-state index in [4.69, 9.17) is 4.74 Å². The van der Waals surface area contributed by atoms with Crippen molar-refractivity contribution in [3.8, 4) is 5.75 Å². The number of halogens is 1. The molecule has 0 N–H and O–H groups in total. The van der Waals surface area contributed by atoms with Crippen LogP contribution in [0.3, 0.4) is 0 Å². The maximum Gasteiger partial charge on any atom is 0.154 e. The predicted octanol–water partition coefficient (Wildman–Crippen LogP) is 3.00. The SMILES string of the molecule is O=Cc1c(OCCF)ccc2ccccc12. The van der Waals surface area contributed by atoms with Crippen molar-refractivity contribution in [2.75, 3.05) is 13.3 Å². The van der Waals surface area contributed by atoms with E-state index in [1.165, 1.54) is 0 Å². The largest absolute Gasteiger partial charge is 0.490 e. The molecule has 0 aromatic heterocycles. The molecule has 0 radical (unpaired) electrons. The third-order valence-electron chi connectivity index (χ3n) is 2.38. The van der Waals surface area contributed by atoms with Crippen LogP contribution in [0.4, 0.5) is 4.39 Å². The van der Waals surface area contributed by atoms with Gasteiger partial charge in [-0.1, -0.05) is 30.3 Å². The number of aldehydes is 1. The van der Waals surface area contributed by atoms with Gasteiger partial charge in [0.25, 0.3) is 0 Å². The Morgan fingerprint density at radius 1 is 1.19 bits per heavy atom. The number of carbonyl (C=O) groups is 1. The number of hydrogen-bond acceptors (Lipinski definition) is 2. The van der Waals surface area contributed by atoms with Crippen molar-refractivity contribution < 1.29 is 13.9 Å². The van der Waals surface area contributed by atoms with E-state index in [0.717, 1.165) is 17.1 Å². The van der Waals surface area contributed by atoms with Gasteiger partial charge in [-0.3, -0.25) is 4.79 Å². The van der Waals surface area contributed by atoms with Crippen molar-refractivity contribution in [2.45, 2.75) is 0 Å². The van der Waals surface area contributed by atoms with E-state index in [9.17, 15) is 9.18 Å². The van der Waals surface area contributed by atoms with Crippen LogP contribution in [0.1, 0.15) is 10.4 Å². The maximum atomic E-state index is 12.0. The van der Waals surface area contributed by atoms with E-state index in [0.29, 0.717) is 11.3 Å². The zero-order chi connectivity index (χ0) is 11.4. The van der Waals surface area contributed by atoms with Crippen molar-refractivity contribution in [1.82, 2.24) is 0 Å². The highest BCUT2D eigenvalue weighted by Crippen LogP contribution is 2.26. The Kier molecular flexibility index (Phi) is 3.15. The van der Waals surface area contributed by atoms with Gasteiger partial charge in [-0.25, -0.2) is 4.39 Å². The maximum absolute atomic E-state index is 12.0. The molecule has 0 saturated carbocycles. The second-order valence-corrected chi connectivity index (χ2v) is 3.35. The lowest BCUT2D eigenvalue weighted by Crippen LogP contribution is -2.01. The van der Waals surface area contributed by atoms with E-state index in [1.54, 1.807) is 6.07 Å². The summed E-state index contributed by atoms with van der Waals surface area (Å²) in [6.45, 7) is -0.593. The molecule has 3 heteroatoms. The van der Waals surface area contributed by atoms with Crippen LogP contribution in [0.5, 0.6) is 5.75 Å². The Morgan fingerprint density at radius 3 is 2.75 bits per heavy atom. The number of ether oxygens (including phenoxy) is 1. The molecule has 2 nitrogen and oxygen atoms in total. The summed E-state index contributed by atoms with van der Waals surface area (Å²) in [6, 6.07) is 11.1. The molecule has 0 aliphatic rings. The molecule has 2 aromatic rings. The van der Waals surface area contributed by atoms with Crippen molar-refractivity contribution in [3.63, 3.8) is 0 Å². The van der Waals surface area contributed by atoms with E-state index in [1.807, 2.05) is 30.3 Å². The van der Waals surface area contributed by atoms with Crippen molar-refractivity contribution in [2.24, 2.45) is 0 Å². The van der Waals surface area contributed by atoms with Gasteiger partial charge in [0.15, 0.2) is 6.29 Å². The Balaban J connectivity index is 2.54. The third-order valence-corrected chi connectivity index (χ3v) is 2.38. The summed E-state index contributed by atoms with van der Waals surface area (Å²) in [5.41, 5.74) is 0.478. The molecule has 0 fully saturated rings. The zero-order valence-corrected chi connectivity index (χ0v) is 8.65. The second kappa shape index (κ2) is 4.75. The first-order chi connectivity index (χ1) is 7.86. The topological polar surface area (TPSA) is 26.3 Å². The van der Waals surface area contributed by atoms with E-state index < -0.39 is 6.67 Å². The lowest BCUT2D eigenvalue weighted by atomic mass is 10.0. The third kappa shape index (κ3) is 1.89. The standard InChI is InChI=1S/C13H11FO2/c14-7-8-16-13-6-5-10-3-1-2-4-11(10)12(13)9-15/h1-6,9H,7-8H2. The minimum atomic E-state index is -0.564. The normalized spacial score (nSPS) is 10.3. The van der Waals surface area contributed by atoms with Gasteiger partial charge in [0.1, 0.15) is 19.0 Å². The fourth-order valence-electron chi connectivity index (χ4n) is 1.67. The number of alkyl halides is 1. The summed E-state index contributed by atoms with van der Waals surface area (Å²) in [5, 5.41) is 1.80. The summed E-state index contributed by atoms with van der Waals surface area (Å²) in [7, 11) is 0. The lowest BCUT2D eigenvalue weighted by Gasteiger charge is -2.08. The van der Waals surface area contributed by atoms with Crippen molar-refractivity contribution >= 4 is 17.1 Å². The van der Waals surface area contributed by atoms with Crippen LogP contribution in [0.2, 0.25) is 0 Å². The van der Waals surface area contributed by atoms with Gasteiger partial charge in [0.05, 0.1) is 5.56 Å². The van der Waals surface area contributed by atoms with Crippen LogP contribution in [-0.4, -0.2) is 19.6 Å². The molecular weight excluding hydrogens is 207 g/mol. The molecule has 0 unspecified atom stereocenters. The van der Waals surface area contributed by atoms with E-state index >= 15 is 0 Å². The van der Waals surface area contributed by atoms with Crippen molar-refractivity contribution in [3.05, 3.63) is 42.0 Å². The molecule has 2 aromatic carbocycles.